The van der Waals surface area contributed by atoms with Crippen LogP contribution in [0.2, 0.25) is 0 Å². The molecule has 0 aliphatic rings. The molecule has 0 saturated carbocycles. The van der Waals surface area contributed by atoms with Crippen LogP contribution in [0.15, 0.2) is 48.5 Å². The maximum atomic E-state index is 12.8. The number of ether oxygens (including phenoxy) is 1. The van der Waals surface area contributed by atoms with Gasteiger partial charge in [-0.2, -0.15) is 5.21 Å². The molecule has 128 valence electrons. The standard InChI is InChI=1S/C18H19N5O2/c1-12-3-5-13(6-4-12)11-16(17-20-22-23-21-17)18(24)19-14-7-9-15(25-2)10-8-14/h3-10,16H,11H2,1-2H3,(H2,19,20,21,22,23,24)/p-1/t16-/m0/s1. The Bertz CT molecular complexity index is 814. The molecule has 25 heavy (non-hydrogen) atoms. The molecular formula is C18H18N5O2-. The Labute approximate surface area is 145 Å². The number of aryl methyl sites for hydroxylation is 1. The molecule has 1 atom stereocenters. The predicted molar refractivity (Wildman–Crippen MR) is 92.4 cm³/mol. The summed E-state index contributed by atoms with van der Waals surface area (Å²) in [6, 6.07) is 15.1. The summed E-state index contributed by atoms with van der Waals surface area (Å²) in [5.74, 6) is 0.258. The first-order valence-corrected chi connectivity index (χ1v) is 7.85. The van der Waals surface area contributed by atoms with Gasteiger partial charge in [0, 0.05) is 11.5 Å². The molecule has 0 radical (unpaired) electrons. The summed E-state index contributed by atoms with van der Waals surface area (Å²) in [4.78, 5) is 12.8. The molecule has 3 aromatic rings. The normalized spacial score (nSPS) is 11.8. The smallest absolute Gasteiger partial charge is 0.232 e. The zero-order valence-corrected chi connectivity index (χ0v) is 14.0. The number of amides is 1. The Kier molecular flexibility index (Phi) is 5.03. The molecule has 1 aromatic heterocycles. The van der Waals surface area contributed by atoms with Crippen molar-refractivity contribution < 1.29 is 9.53 Å². The Morgan fingerprint density at radius 1 is 1.16 bits per heavy atom. The maximum absolute atomic E-state index is 12.8. The first kappa shape index (κ1) is 16.6. The number of methoxy groups -OCH3 is 1. The predicted octanol–water partition coefficient (Wildman–Crippen LogP) is 2.11. The number of aromatic nitrogens is 4. The summed E-state index contributed by atoms with van der Waals surface area (Å²) in [6.07, 6.45) is 0.468. The molecule has 1 heterocycles. The lowest BCUT2D eigenvalue weighted by Gasteiger charge is -2.17. The maximum Gasteiger partial charge on any atom is 0.232 e. The van der Waals surface area contributed by atoms with Crippen LogP contribution in [0, 0.1) is 6.92 Å². The minimum absolute atomic E-state index is 0.208. The molecular weight excluding hydrogens is 318 g/mol. The van der Waals surface area contributed by atoms with Crippen molar-refractivity contribution in [2.75, 3.05) is 12.4 Å². The molecule has 0 aliphatic carbocycles. The van der Waals surface area contributed by atoms with E-state index in [4.69, 9.17) is 4.74 Å². The molecule has 0 spiro atoms. The van der Waals surface area contributed by atoms with E-state index < -0.39 is 5.92 Å². The van der Waals surface area contributed by atoms with Crippen LogP contribution < -0.4 is 15.2 Å². The number of hydrogen-bond donors (Lipinski definition) is 1. The highest BCUT2D eigenvalue weighted by atomic mass is 16.5. The fourth-order valence-corrected chi connectivity index (χ4v) is 2.46. The molecule has 3 rings (SSSR count). The second kappa shape index (κ2) is 7.57. The molecule has 0 bridgehead atoms. The van der Waals surface area contributed by atoms with E-state index in [1.807, 2.05) is 31.2 Å². The second-order valence-corrected chi connectivity index (χ2v) is 5.70. The largest absolute Gasteiger partial charge is 0.497 e. The summed E-state index contributed by atoms with van der Waals surface area (Å²) in [5, 5.41) is 17.6. The summed E-state index contributed by atoms with van der Waals surface area (Å²) >= 11 is 0. The van der Waals surface area contributed by atoms with E-state index in [-0.39, 0.29) is 5.91 Å². The summed E-state index contributed by atoms with van der Waals surface area (Å²) < 4.78 is 5.12. The van der Waals surface area contributed by atoms with Crippen LogP contribution >= 0.6 is 0 Å². The number of anilines is 1. The van der Waals surface area contributed by atoms with Gasteiger partial charge in [0.2, 0.25) is 5.91 Å². The lowest BCUT2D eigenvalue weighted by Crippen LogP contribution is -2.24. The van der Waals surface area contributed by atoms with Crippen molar-refractivity contribution in [2.45, 2.75) is 19.3 Å². The van der Waals surface area contributed by atoms with Gasteiger partial charge >= 0.3 is 0 Å². The first-order valence-electron chi connectivity index (χ1n) is 7.85. The van der Waals surface area contributed by atoms with Crippen LogP contribution in [0.5, 0.6) is 5.75 Å². The van der Waals surface area contributed by atoms with Crippen molar-refractivity contribution in [3.63, 3.8) is 0 Å². The second-order valence-electron chi connectivity index (χ2n) is 5.70. The highest BCUT2D eigenvalue weighted by Crippen LogP contribution is 2.21. The summed E-state index contributed by atoms with van der Waals surface area (Å²) in [7, 11) is 1.60. The Morgan fingerprint density at radius 3 is 2.48 bits per heavy atom. The zero-order valence-electron chi connectivity index (χ0n) is 14.0. The number of hydrogen-bond acceptors (Lipinski definition) is 5. The van der Waals surface area contributed by atoms with E-state index in [1.54, 1.807) is 31.4 Å². The molecule has 0 fully saturated rings. The fourth-order valence-electron chi connectivity index (χ4n) is 2.46. The number of carbonyl (C=O) groups is 1. The van der Waals surface area contributed by atoms with Gasteiger partial charge in [-0.25, -0.2) is 0 Å². The Morgan fingerprint density at radius 2 is 1.88 bits per heavy atom. The van der Waals surface area contributed by atoms with Crippen molar-refractivity contribution in [2.24, 2.45) is 0 Å². The molecule has 7 heteroatoms. The van der Waals surface area contributed by atoms with Crippen LogP contribution in [0.25, 0.3) is 0 Å². The zero-order chi connectivity index (χ0) is 17.6. The van der Waals surface area contributed by atoms with Gasteiger partial charge < -0.3 is 15.2 Å². The van der Waals surface area contributed by atoms with Crippen molar-refractivity contribution in [1.82, 2.24) is 20.6 Å². The third-order valence-electron chi connectivity index (χ3n) is 3.88. The lowest BCUT2D eigenvalue weighted by atomic mass is 9.97. The minimum atomic E-state index is -0.570. The van der Waals surface area contributed by atoms with Crippen LogP contribution in [-0.4, -0.2) is 28.5 Å². The molecule has 2 aromatic carbocycles. The minimum Gasteiger partial charge on any atom is -0.497 e. The van der Waals surface area contributed by atoms with E-state index in [0.29, 0.717) is 17.9 Å². The SMILES string of the molecule is COc1ccc(NC(=O)[C@@H](Cc2ccc(C)cc2)c2nnn[n-]2)cc1. The van der Waals surface area contributed by atoms with Crippen LogP contribution in [-0.2, 0) is 11.2 Å². The topological polar surface area (TPSA) is 91.1 Å². The number of nitrogens with zero attached hydrogens (tertiary/aromatic N) is 4. The van der Waals surface area contributed by atoms with Crippen molar-refractivity contribution >= 4 is 11.6 Å². The van der Waals surface area contributed by atoms with E-state index >= 15 is 0 Å². The monoisotopic (exact) mass is 336 g/mol. The van der Waals surface area contributed by atoms with Gasteiger partial charge in [-0.05, 0) is 43.2 Å². The fraction of sp³-hybridized carbons (Fsp3) is 0.222. The number of benzene rings is 2. The number of nitrogens with one attached hydrogen (secondary N) is 1. The molecule has 0 unspecified atom stereocenters. The van der Waals surface area contributed by atoms with Crippen molar-refractivity contribution in [3.05, 3.63) is 65.5 Å². The molecule has 1 N–H and O–H groups in total. The van der Waals surface area contributed by atoms with Crippen LogP contribution in [0.1, 0.15) is 22.9 Å². The number of carbonyl (C=O) groups excluding carboxylic acids is 1. The molecule has 0 saturated heterocycles. The van der Waals surface area contributed by atoms with Crippen LogP contribution in [0.3, 0.4) is 0 Å². The van der Waals surface area contributed by atoms with Crippen molar-refractivity contribution in [3.8, 4) is 5.75 Å². The highest BCUT2D eigenvalue weighted by molar-refractivity contribution is 5.95. The van der Waals surface area contributed by atoms with Gasteiger partial charge in [0.1, 0.15) is 5.75 Å². The Hall–Kier alpha value is -3.22. The van der Waals surface area contributed by atoms with Gasteiger partial charge in [-0.15, -0.1) is 0 Å². The number of tetrazole rings is 1. The summed E-state index contributed by atoms with van der Waals surface area (Å²) in [6.45, 7) is 2.02. The van der Waals surface area contributed by atoms with Gasteiger partial charge in [-0.3, -0.25) is 15.1 Å². The third kappa shape index (κ3) is 4.20. The first-order chi connectivity index (χ1) is 12.2. The van der Waals surface area contributed by atoms with Crippen molar-refractivity contribution in [1.29, 1.82) is 0 Å². The van der Waals surface area contributed by atoms with E-state index in [0.717, 1.165) is 16.9 Å². The Balaban J connectivity index is 1.78. The third-order valence-corrected chi connectivity index (χ3v) is 3.88. The van der Waals surface area contributed by atoms with Crippen LogP contribution in [0.4, 0.5) is 5.69 Å². The number of rotatable bonds is 6. The van der Waals surface area contributed by atoms with E-state index in [2.05, 4.69) is 25.9 Å². The van der Waals surface area contributed by atoms with Gasteiger partial charge in [0.05, 0.1) is 13.0 Å². The average molecular weight is 336 g/mol. The quantitative estimate of drug-likeness (QED) is 0.741. The molecule has 0 aliphatic heterocycles. The highest BCUT2D eigenvalue weighted by Gasteiger charge is 2.21. The van der Waals surface area contributed by atoms with Gasteiger partial charge in [0.15, 0.2) is 0 Å². The van der Waals surface area contributed by atoms with E-state index in [1.165, 1.54) is 0 Å². The molecule has 7 nitrogen and oxygen atoms in total. The van der Waals surface area contributed by atoms with Gasteiger partial charge in [-0.1, -0.05) is 29.8 Å². The lowest BCUT2D eigenvalue weighted by molar-refractivity contribution is -0.117. The average Bonchev–Trinajstić information content (AvgIpc) is 3.16. The van der Waals surface area contributed by atoms with E-state index in [9.17, 15) is 4.79 Å². The summed E-state index contributed by atoms with van der Waals surface area (Å²) in [5.41, 5.74) is 2.85. The molecule has 1 amide bonds. The van der Waals surface area contributed by atoms with Gasteiger partial charge in [0.25, 0.3) is 0 Å².